The molecule has 2 aliphatic heterocycles. The molecule has 1 aromatic carbocycles. The summed E-state index contributed by atoms with van der Waals surface area (Å²) in [7, 11) is -3.74. The maximum absolute atomic E-state index is 13.2. The molecule has 2 fully saturated rings. The molecule has 0 aliphatic carbocycles. The van der Waals surface area contributed by atoms with Crippen molar-refractivity contribution in [3.8, 4) is 0 Å². The van der Waals surface area contributed by atoms with Crippen LogP contribution in [-0.2, 0) is 19.5 Å². The Balaban J connectivity index is 1.88. The van der Waals surface area contributed by atoms with Crippen LogP contribution < -0.4 is 5.73 Å². The highest BCUT2D eigenvalue weighted by Crippen LogP contribution is 2.33. The number of hydrogen-bond acceptors (Lipinski definition) is 5. The molecule has 0 saturated carbocycles. The highest BCUT2D eigenvalue weighted by atomic mass is 32.2. The zero-order chi connectivity index (χ0) is 15.1. The van der Waals surface area contributed by atoms with Gasteiger partial charge in [0.15, 0.2) is 5.79 Å². The molecule has 3 rings (SSSR count). The summed E-state index contributed by atoms with van der Waals surface area (Å²) in [5.41, 5.74) is 5.27. The van der Waals surface area contributed by atoms with Crippen LogP contribution in [0.4, 0.5) is 10.1 Å². The van der Waals surface area contributed by atoms with E-state index in [-0.39, 0.29) is 17.1 Å². The molecule has 1 aromatic rings. The van der Waals surface area contributed by atoms with Gasteiger partial charge < -0.3 is 15.2 Å². The fraction of sp³-hybridized carbons (Fsp3) is 0.538. The van der Waals surface area contributed by atoms with Crippen molar-refractivity contribution in [2.45, 2.75) is 23.5 Å². The van der Waals surface area contributed by atoms with Gasteiger partial charge in [-0.3, -0.25) is 0 Å². The predicted octanol–water partition coefficient (Wildman–Crippen LogP) is 0.935. The average molecular weight is 316 g/mol. The minimum atomic E-state index is -3.74. The third kappa shape index (κ3) is 2.64. The molecule has 2 aliphatic rings. The SMILES string of the molecule is Nc1cc(S(=O)(=O)N2CCCC3(C2)OCCO3)ccc1F. The van der Waals surface area contributed by atoms with E-state index in [9.17, 15) is 12.8 Å². The second kappa shape index (κ2) is 5.20. The van der Waals surface area contributed by atoms with Crippen LogP contribution >= 0.6 is 0 Å². The van der Waals surface area contributed by atoms with E-state index in [1.54, 1.807) is 0 Å². The van der Waals surface area contributed by atoms with Crippen molar-refractivity contribution in [3.63, 3.8) is 0 Å². The van der Waals surface area contributed by atoms with E-state index in [1.807, 2.05) is 0 Å². The van der Waals surface area contributed by atoms with E-state index < -0.39 is 21.6 Å². The lowest BCUT2D eigenvalue weighted by Crippen LogP contribution is -2.50. The number of piperidine rings is 1. The lowest BCUT2D eigenvalue weighted by molar-refractivity contribution is -0.179. The summed E-state index contributed by atoms with van der Waals surface area (Å²) in [5.74, 6) is -1.47. The van der Waals surface area contributed by atoms with Crippen LogP contribution in [0.2, 0.25) is 0 Å². The summed E-state index contributed by atoms with van der Waals surface area (Å²) < 4.78 is 50.9. The summed E-state index contributed by atoms with van der Waals surface area (Å²) in [6, 6.07) is 3.42. The van der Waals surface area contributed by atoms with Crippen LogP contribution in [0.3, 0.4) is 0 Å². The largest absolute Gasteiger partial charge is 0.396 e. The second-order valence-corrected chi connectivity index (χ2v) is 7.17. The van der Waals surface area contributed by atoms with Gasteiger partial charge in [0.1, 0.15) is 5.82 Å². The van der Waals surface area contributed by atoms with Gasteiger partial charge in [-0.15, -0.1) is 0 Å². The first-order chi connectivity index (χ1) is 9.93. The fourth-order valence-electron chi connectivity index (χ4n) is 2.72. The number of hydrogen-bond donors (Lipinski definition) is 1. The molecule has 2 heterocycles. The Hall–Kier alpha value is -1.22. The Morgan fingerprint density at radius 3 is 2.67 bits per heavy atom. The van der Waals surface area contributed by atoms with Crippen molar-refractivity contribution < 1.29 is 22.3 Å². The lowest BCUT2D eigenvalue weighted by Gasteiger charge is -2.37. The van der Waals surface area contributed by atoms with Crippen molar-refractivity contribution >= 4 is 15.7 Å². The second-order valence-electron chi connectivity index (χ2n) is 5.23. The normalized spacial score (nSPS) is 22.7. The minimum Gasteiger partial charge on any atom is -0.396 e. The highest BCUT2D eigenvalue weighted by Gasteiger charge is 2.44. The summed E-state index contributed by atoms with van der Waals surface area (Å²) in [4.78, 5) is -0.0172. The Labute approximate surface area is 122 Å². The predicted molar refractivity (Wildman–Crippen MR) is 73.4 cm³/mol. The smallest absolute Gasteiger partial charge is 0.243 e. The molecule has 116 valence electrons. The number of sulfonamides is 1. The summed E-state index contributed by atoms with van der Waals surface area (Å²) in [5, 5.41) is 0. The van der Waals surface area contributed by atoms with Gasteiger partial charge in [0.05, 0.1) is 30.3 Å². The van der Waals surface area contributed by atoms with Crippen molar-refractivity contribution in [3.05, 3.63) is 24.0 Å². The highest BCUT2D eigenvalue weighted by molar-refractivity contribution is 7.89. The molecule has 6 nitrogen and oxygen atoms in total. The molecule has 21 heavy (non-hydrogen) atoms. The fourth-order valence-corrected chi connectivity index (χ4v) is 4.27. The Morgan fingerprint density at radius 2 is 2.00 bits per heavy atom. The number of nitrogens with two attached hydrogens (primary N) is 1. The molecule has 0 unspecified atom stereocenters. The Kier molecular flexibility index (Phi) is 3.64. The van der Waals surface area contributed by atoms with E-state index in [0.29, 0.717) is 32.6 Å². The molecule has 0 radical (unpaired) electrons. The first-order valence-electron chi connectivity index (χ1n) is 6.76. The monoisotopic (exact) mass is 316 g/mol. The maximum atomic E-state index is 13.2. The standard InChI is InChI=1S/C13H17FN2O4S/c14-11-3-2-10(8-12(11)15)21(17,18)16-5-1-4-13(9-16)19-6-7-20-13/h2-3,8H,1,4-7,9,15H2. The average Bonchev–Trinajstić information content (AvgIpc) is 2.89. The summed E-state index contributed by atoms with van der Waals surface area (Å²) in [6.45, 7) is 1.47. The third-order valence-corrected chi connectivity index (χ3v) is 5.64. The number of benzene rings is 1. The van der Waals surface area contributed by atoms with Crippen LogP contribution in [0, 0.1) is 5.82 Å². The van der Waals surface area contributed by atoms with Gasteiger partial charge in [0, 0.05) is 13.0 Å². The van der Waals surface area contributed by atoms with Gasteiger partial charge in [0.25, 0.3) is 0 Å². The molecule has 0 aromatic heterocycles. The van der Waals surface area contributed by atoms with E-state index >= 15 is 0 Å². The minimum absolute atomic E-state index is 0.0172. The molecular weight excluding hydrogens is 299 g/mol. The van der Waals surface area contributed by atoms with Crippen LogP contribution in [0.5, 0.6) is 0 Å². The van der Waals surface area contributed by atoms with E-state index in [2.05, 4.69) is 0 Å². The van der Waals surface area contributed by atoms with E-state index in [1.165, 1.54) is 10.4 Å². The lowest BCUT2D eigenvalue weighted by atomic mass is 10.1. The van der Waals surface area contributed by atoms with Gasteiger partial charge in [-0.25, -0.2) is 12.8 Å². The van der Waals surface area contributed by atoms with E-state index in [0.717, 1.165) is 12.1 Å². The molecule has 8 heteroatoms. The van der Waals surface area contributed by atoms with Gasteiger partial charge in [-0.1, -0.05) is 0 Å². The number of nitrogens with zero attached hydrogens (tertiary/aromatic N) is 1. The maximum Gasteiger partial charge on any atom is 0.243 e. The van der Waals surface area contributed by atoms with Crippen LogP contribution in [-0.4, -0.2) is 44.8 Å². The van der Waals surface area contributed by atoms with Gasteiger partial charge >= 0.3 is 0 Å². The first-order valence-corrected chi connectivity index (χ1v) is 8.20. The first kappa shape index (κ1) is 14.7. The van der Waals surface area contributed by atoms with Crippen LogP contribution in [0.1, 0.15) is 12.8 Å². The van der Waals surface area contributed by atoms with Crippen LogP contribution in [0.15, 0.2) is 23.1 Å². The number of rotatable bonds is 2. The molecule has 2 N–H and O–H groups in total. The number of halogens is 1. The summed E-state index contributed by atoms with van der Waals surface area (Å²) >= 11 is 0. The molecule has 0 amide bonds. The van der Waals surface area contributed by atoms with Gasteiger partial charge in [-0.2, -0.15) is 4.31 Å². The topological polar surface area (TPSA) is 81.9 Å². The van der Waals surface area contributed by atoms with Crippen molar-refractivity contribution in [2.24, 2.45) is 0 Å². The molecular formula is C13H17FN2O4S. The number of anilines is 1. The molecule has 2 saturated heterocycles. The quantitative estimate of drug-likeness (QED) is 0.821. The van der Waals surface area contributed by atoms with Gasteiger partial charge in [0.2, 0.25) is 10.0 Å². The third-order valence-electron chi connectivity index (χ3n) is 3.80. The number of ether oxygens (including phenoxy) is 2. The van der Waals surface area contributed by atoms with Crippen molar-refractivity contribution in [2.75, 3.05) is 32.0 Å². The summed E-state index contributed by atoms with van der Waals surface area (Å²) in [6.07, 6.45) is 1.32. The zero-order valence-electron chi connectivity index (χ0n) is 11.4. The Morgan fingerprint density at radius 1 is 1.29 bits per heavy atom. The zero-order valence-corrected chi connectivity index (χ0v) is 12.2. The van der Waals surface area contributed by atoms with Crippen molar-refractivity contribution in [1.29, 1.82) is 0 Å². The van der Waals surface area contributed by atoms with Crippen molar-refractivity contribution in [1.82, 2.24) is 4.31 Å². The number of nitrogen functional groups attached to an aromatic ring is 1. The van der Waals surface area contributed by atoms with Gasteiger partial charge in [-0.05, 0) is 24.6 Å². The molecule has 1 spiro atoms. The molecule has 0 bridgehead atoms. The van der Waals surface area contributed by atoms with E-state index in [4.69, 9.17) is 15.2 Å². The van der Waals surface area contributed by atoms with Crippen LogP contribution in [0.25, 0.3) is 0 Å². The molecule has 0 atom stereocenters. The Bertz CT molecular complexity index is 644.